The zero-order valence-corrected chi connectivity index (χ0v) is 28.5. The summed E-state index contributed by atoms with van der Waals surface area (Å²) in [6.07, 6.45) is -4.74. The van der Waals surface area contributed by atoms with Gasteiger partial charge in [0.2, 0.25) is 20.9 Å². The number of alkyl halides is 3. The fourth-order valence-corrected chi connectivity index (χ4v) is 6.76. The molecule has 0 bridgehead atoms. The van der Waals surface area contributed by atoms with Crippen molar-refractivity contribution in [2.24, 2.45) is 17.3 Å². The summed E-state index contributed by atoms with van der Waals surface area (Å²) < 4.78 is 56.8. The van der Waals surface area contributed by atoms with Crippen LogP contribution in [-0.4, -0.2) is 44.4 Å². The fourth-order valence-electron chi connectivity index (χ4n) is 5.68. The lowest BCUT2D eigenvalue weighted by Crippen LogP contribution is -2.67. The van der Waals surface area contributed by atoms with Crippen LogP contribution in [0.15, 0.2) is 71.5 Å². The first-order chi connectivity index (χ1) is 21.4. The Kier molecular flexibility index (Phi) is 11.7. The molecule has 2 atom stereocenters. The number of anilines is 1. The van der Waals surface area contributed by atoms with E-state index < -0.39 is 62.1 Å². The van der Waals surface area contributed by atoms with Crippen LogP contribution in [-0.2, 0) is 27.0 Å². The van der Waals surface area contributed by atoms with Gasteiger partial charge in [0.25, 0.3) is 5.56 Å². The van der Waals surface area contributed by atoms with Gasteiger partial charge in [-0.05, 0) is 53.9 Å². The minimum Gasteiger partial charge on any atom is -0.497 e. The number of amides is 2. The Labute approximate surface area is 270 Å². The van der Waals surface area contributed by atoms with Gasteiger partial charge < -0.3 is 19.8 Å². The maximum Gasteiger partial charge on any atom is 0.396 e. The summed E-state index contributed by atoms with van der Waals surface area (Å²) in [6.45, 7) is 10.3. The Bertz CT molecular complexity index is 1540. The average Bonchev–Trinajstić information content (AvgIpc) is 2.94. The molecule has 0 aliphatic carbocycles. The van der Waals surface area contributed by atoms with Crippen LogP contribution in [0.5, 0.6) is 5.75 Å². The molecule has 0 aliphatic heterocycles. The Morgan fingerprint density at radius 1 is 0.913 bits per heavy atom. The average molecular weight is 659 g/mol. The smallest absolute Gasteiger partial charge is 0.396 e. The molecule has 0 saturated heterocycles. The van der Waals surface area contributed by atoms with E-state index in [0.29, 0.717) is 22.6 Å². The molecule has 0 fully saturated rings. The van der Waals surface area contributed by atoms with Gasteiger partial charge >= 0.3 is 6.18 Å². The highest BCUT2D eigenvalue weighted by molar-refractivity contribution is 6.48. The molecular weight excluding hydrogens is 615 g/mol. The Morgan fingerprint density at radius 2 is 1.52 bits per heavy atom. The van der Waals surface area contributed by atoms with E-state index in [4.69, 9.17) is 9.16 Å². The monoisotopic (exact) mass is 658 g/mol. The summed E-state index contributed by atoms with van der Waals surface area (Å²) in [5, 5.41) is 5.24. The first-order valence-corrected chi connectivity index (χ1v) is 17.4. The molecule has 0 spiro atoms. The number of benzene rings is 2. The van der Waals surface area contributed by atoms with Crippen molar-refractivity contribution in [1.29, 1.82) is 0 Å². The highest BCUT2D eigenvalue weighted by atomic mass is 28.3. The van der Waals surface area contributed by atoms with Gasteiger partial charge in [-0.2, -0.15) is 13.2 Å². The van der Waals surface area contributed by atoms with Gasteiger partial charge in [0.15, 0.2) is 0 Å². The van der Waals surface area contributed by atoms with Crippen LogP contribution in [0.25, 0.3) is 11.3 Å². The molecule has 0 aliphatic rings. The van der Waals surface area contributed by atoms with Crippen molar-refractivity contribution < 1.29 is 31.9 Å². The third kappa shape index (κ3) is 8.88. The summed E-state index contributed by atoms with van der Waals surface area (Å²) in [4.78, 5) is 40.6. The van der Waals surface area contributed by atoms with E-state index in [-0.39, 0.29) is 12.1 Å². The second-order valence-electron chi connectivity index (χ2n) is 12.8. The molecule has 1 heterocycles. The first-order valence-electron chi connectivity index (χ1n) is 15.0. The molecule has 12 heteroatoms. The van der Waals surface area contributed by atoms with Crippen molar-refractivity contribution in [3.63, 3.8) is 0 Å². The number of rotatable bonds is 12. The lowest BCUT2D eigenvalue weighted by Gasteiger charge is -2.50. The van der Waals surface area contributed by atoms with E-state index in [9.17, 15) is 27.6 Å². The van der Waals surface area contributed by atoms with Crippen molar-refractivity contribution in [2.75, 3.05) is 12.4 Å². The minimum absolute atomic E-state index is 0.0255. The fraction of sp³-hybridized carbons (Fsp3) is 0.441. The van der Waals surface area contributed by atoms with Crippen LogP contribution in [0.1, 0.15) is 40.2 Å². The molecule has 1 aromatic heterocycles. The number of carbonyl (C=O) groups is 2. The van der Waals surface area contributed by atoms with E-state index in [1.807, 2.05) is 0 Å². The molecule has 0 saturated carbocycles. The number of halogens is 3. The van der Waals surface area contributed by atoms with Crippen molar-refractivity contribution in [3.8, 4) is 17.0 Å². The second kappa shape index (κ2) is 14.7. The van der Waals surface area contributed by atoms with Gasteiger partial charge in [-0.15, -0.1) is 0 Å². The normalized spacial score (nSPS) is 14.1. The SMILES string of the molecule is COc1ccc(CC(=O)Nc2ccc(-c3ccccc3)n(CC(=O)NC(O[Si](C)C)(C(C)C)C(C(C)(C)C)C(F)(F)F)c2=O)cc1. The lowest BCUT2D eigenvalue weighted by atomic mass is 9.70. The number of nitrogens with one attached hydrogen (secondary N) is 2. The van der Waals surface area contributed by atoms with Crippen molar-refractivity contribution >= 4 is 26.5 Å². The highest BCUT2D eigenvalue weighted by Crippen LogP contribution is 2.49. The lowest BCUT2D eigenvalue weighted by molar-refractivity contribution is -0.265. The predicted molar refractivity (Wildman–Crippen MR) is 175 cm³/mol. The van der Waals surface area contributed by atoms with Crippen molar-refractivity contribution in [1.82, 2.24) is 9.88 Å². The van der Waals surface area contributed by atoms with Gasteiger partial charge in [0, 0.05) is 5.92 Å². The summed E-state index contributed by atoms with van der Waals surface area (Å²) in [6, 6.07) is 18.7. The Balaban J connectivity index is 2.05. The van der Waals surface area contributed by atoms with Gasteiger partial charge in [-0.3, -0.25) is 19.0 Å². The van der Waals surface area contributed by atoms with Crippen molar-refractivity contribution in [3.05, 3.63) is 82.6 Å². The Morgan fingerprint density at radius 3 is 2.02 bits per heavy atom. The quantitative estimate of drug-likeness (QED) is 0.168. The van der Waals surface area contributed by atoms with Crippen molar-refractivity contribution in [2.45, 2.75) is 72.6 Å². The van der Waals surface area contributed by atoms with E-state index in [0.717, 1.165) is 4.57 Å². The van der Waals surface area contributed by atoms with Gasteiger partial charge in [0.1, 0.15) is 29.6 Å². The number of carbonyl (C=O) groups excluding carboxylic acids is 2. The number of nitrogens with zero attached hydrogens (tertiary/aromatic N) is 1. The van der Waals surface area contributed by atoms with Crippen LogP contribution in [0.3, 0.4) is 0 Å². The number of aromatic nitrogens is 1. The minimum atomic E-state index is -4.72. The van der Waals surface area contributed by atoms with E-state index in [1.165, 1.54) is 33.9 Å². The maximum absolute atomic E-state index is 14.8. The largest absolute Gasteiger partial charge is 0.497 e. The Hall–Kier alpha value is -3.90. The molecule has 3 rings (SSSR count). The maximum atomic E-state index is 14.8. The summed E-state index contributed by atoms with van der Waals surface area (Å²) >= 11 is 0. The molecule has 2 N–H and O–H groups in total. The van der Waals surface area contributed by atoms with Gasteiger partial charge in [0.05, 0.1) is 19.2 Å². The second-order valence-corrected chi connectivity index (χ2v) is 14.8. The number of methoxy groups -OCH3 is 1. The predicted octanol–water partition coefficient (Wildman–Crippen LogP) is 6.67. The molecule has 1 radical (unpaired) electrons. The van der Waals surface area contributed by atoms with E-state index in [2.05, 4.69) is 10.6 Å². The van der Waals surface area contributed by atoms with E-state index >= 15 is 0 Å². The summed E-state index contributed by atoms with van der Waals surface area (Å²) in [5.74, 6) is -3.51. The van der Waals surface area contributed by atoms with Crippen LogP contribution in [0.4, 0.5) is 18.9 Å². The van der Waals surface area contributed by atoms with Gasteiger partial charge in [-0.1, -0.05) is 77.1 Å². The van der Waals surface area contributed by atoms with Crippen LogP contribution in [0.2, 0.25) is 13.1 Å². The topological polar surface area (TPSA) is 98.7 Å². The number of pyridine rings is 1. The summed E-state index contributed by atoms with van der Waals surface area (Å²) in [5.41, 5.74) is -2.56. The zero-order chi connectivity index (χ0) is 34.4. The standard InChI is InChI=1S/C34H43F3N3O5Si/c1-22(2)33(45-46(7)8,31(32(3,4)5)34(35,36)37)39-29(42)21-40-27(24-12-10-9-11-13-24)19-18-26(30(40)43)38-28(41)20-23-14-16-25(44-6)17-15-23/h9-19,22,31H,20-21H2,1-8H3,(H,38,41)(H,39,42). The third-order valence-electron chi connectivity index (χ3n) is 7.53. The third-order valence-corrected chi connectivity index (χ3v) is 8.28. The number of hydrogen-bond donors (Lipinski definition) is 2. The number of ether oxygens (including phenoxy) is 1. The van der Waals surface area contributed by atoms with Gasteiger partial charge in [-0.25, -0.2) is 0 Å². The molecule has 46 heavy (non-hydrogen) atoms. The molecule has 2 unspecified atom stereocenters. The summed E-state index contributed by atoms with van der Waals surface area (Å²) in [7, 11) is -0.228. The molecule has 2 amide bonds. The highest BCUT2D eigenvalue weighted by Gasteiger charge is 2.61. The first kappa shape index (κ1) is 36.6. The molecule has 2 aromatic carbocycles. The zero-order valence-electron chi connectivity index (χ0n) is 27.5. The van der Waals surface area contributed by atoms with Crippen LogP contribution < -0.4 is 20.9 Å². The molecule has 8 nitrogen and oxygen atoms in total. The van der Waals surface area contributed by atoms with Crippen LogP contribution >= 0.6 is 0 Å². The van der Waals surface area contributed by atoms with Crippen LogP contribution in [0, 0.1) is 17.3 Å². The number of hydrogen-bond acceptors (Lipinski definition) is 5. The molecule has 3 aromatic rings. The molecule has 249 valence electrons. The molecular formula is C34H43F3N3O5Si. The van der Waals surface area contributed by atoms with E-state index in [1.54, 1.807) is 87.6 Å².